The van der Waals surface area contributed by atoms with Crippen molar-refractivity contribution in [2.24, 2.45) is 5.92 Å². The van der Waals surface area contributed by atoms with Gasteiger partial charge in [-0.25, -0.2) is 0 Å². The summed E-state index contributed by atoms with van der Waals surface area (Å²) in [5.41, 5.74) is 3.21. The third-order valence-corrected chi connectivity index (χ3v) is 5.85. The van der Waals surface area contributed by atoms with Gasteiger partial charge in [-0.05, 0) is 71.5 Å². The SMILES string of the molecule is Cc1cc(C(=O)CN2CCCCC2)c(C)n1C1CCC(C#N)CC1. The van der Waals surface area contributed by atoms with E-state index in [4.69, 9.17) is 5.26 Å². The number of rotatable bonds is 4. The summed E-state index contributed by atoms with van der Waals surface area (Å²) in [6, 6.07) is 4.94. The van der Waals surface area contributed by atoms with Gasteiger partial charge >= 0.3 is 0 Å². The molecule has 0 unspecified atom stereocenters. The van der Waals surface area contributed by atoms with E-state index in [2.05, 4.69) is 35.5 Å². The molecule has 24 heavy (non-hydrogen) atoms. The predicted octanol–water partition coefficient (Wildman–Crippen LogP) is 4.03. The number of carbonyl (C=O) groups excluding carboxylic acids is 1. The van der Waals surface area contributed by atoms with Crippen LogP contribution in [0.15, 0.2) is 6.07 Å². The summed E-state index contributed by atoms with van der Waals surface area (Å²) >= 11 is 0. The average molecular weight is 327 g/mol. The molecule has 4 nitrogen and oxygen atoms in total. The van der Waals surface area contributed by atoms with Crippen molar-refractivity contribution in [2.45, 2.75) is 64.8 Å². The fourth-order valence-corrected chi connectivity index (χ4v) is 4.49. The number of nitrogens with zero attached hydrogens (tertiary/aromatic N) is 3. The Morgan fingerprint density at radius 3 is 2.46 bits per heavy atom. The normalized spacial score (nSPS) is 25.4. The van der Waals surface area contributed by atoms with Crippen LogP contribution in [0.5, 0.6) is 0 Å². The standard InChI is InChI=1S/C20H29N3O/c1-15-12-19(20(24)14-22-10-4-3-5-11-22)16(2)23(15)18-8-6-17(13-21)7-9-18/h12,17-18H,3-11,14H2,1-2H3. The van der Waals surface area contributed by atoms with Gasteiger partial charge in [0.1, 0.15) is 0 Å². The summed E-state index contributed by atoms with van der Waals surface area (Å²) in [6.07, 6.45) is 7.79. The van der Waals surface area contributed by atoms with Gasteiger partial charge in [-0.2, -0.15) is 5.26 Å². The first-order chi connectivity index (χ1) is 11.6. The third-order valence-electron chi connectivity index (χ3n) is 5.85. The topological polar surface area (TPSA) is 49.0 Å². The van der Waals surface area contributed by atoms with Gasteiger partial charge in [0.25, 0.3) is 0 Å². The highest BCUT2D eigenvalue weighted by Gasteiger charge is 2.26. The Morgan fingerprint density at radius 2 is 1.83 bits per heavy atom. The molecular weight excluding hydrogens is 298 g/mol. The summed E-state index contributed by atoms with van der Waals surface area (Å²) in [6.45, 7) is 6.88. The Bertz CT molecular complexity index is 626. The molecule has 1 aliphatic heterocycles. The van der Waals surface area contributed by atoms with Crippen molar-refractivity contribution < 1.29 is 4.79 Å². The maximum Gasteiger partial charge on any atom is 0.178 e. The number of hydrogen-bond acceptors (Lipinski definition) is 3. The van der Waals surface area contributed by atoms with Crippen molar-refractivity contribution in [1.82, 2.24) is 9.47 Å². The third kappa shape index (κ3) is 3.57. The summed E-state index contributed by atoms with van der Waals surface area (Å²) in [4.78, 5) is 15.1. The molecule has 0 radical (unpaired) electrons. The lowest BCUT2D eigenvalue weighted by atomic mass is 9.86. The molecule has 1 aromatic rings. The quantitative estimate of drug-likeness (QED) is 0.785. The number of carbonyl (C=O) groups is 1. The number of likely N-dealkylation sites (tertiary alicyclic amines) is 1. The van der Waals surface area contributed by atoms with Crippen molar-refractivity contribution >= 4 is 5.78 Å². The molecule has 0 spiro atoms. The fraction of sp³-hybridized carbons (Fsp3) is 0.700. The summed E-state index contributed by atoms with van der Waals surface area (Å²) in [7, 11) is 0. The smallest absolute Gasteiger partial charge is 0.178 e. The van der Waals surface area contributed by atoms with E-state index in [-0.39, 0.29) is 11.7 Å². The molecule has 130 valence electrons. The molecule has 0 atom stereocenters. The molecule has 0 bridgehead atoms. The van der Waals surface area contributed by atoms with E-state index in [0.29, 0.717) is 12.6 Å². The van der Waals surface area contributed by atoms with E-state index < -0.39 is 0 Å². The molecule has 0 amide bonds. The van der Waals surface area contributed by atoms with Crippen LogP contribution in [0.3, 0.4) is 0 Å². The predicted molar refractivity (Wildman–Crippen MR) is 95.1 cm³/mol. The molecule has 3 rings (SSSR count). The van der Waals surface area contributed by atoms with Gasteiger partial charge in [0.05, 0.1) is 12.6 Å². The van der Waals surface area contributed by atoms with E-state index in [0.717, 1.165) is 50.0 Å². The Labute approximate surface area is 145 Å². The van der Waals surface area contributed by atoms with E-state index in [1.807, 2.05) is 0 Å². The van der Waals surface area contributed by atoms with Crippen LogP contribution in [0.25, 0.3) is 0 Å². The van der Waals surface area contributed by atoms with Crippen molar-refractivity contribution in [3.05, 3.63) is 23.0 Å². The van der Waals surface area contributed by atoms with Crippen molar-refractivity contribution in [2.75, 3.05) is 19.6 Å². The minimum absolute atomic E-state index is 0.220. The van der Waals surface area contributed by atoms with E-state index >= 15 is 0 Å². The van der Waals surface area contributed by atoms with Gasteiger partial charge in [-0.15, -0.1) is 0 Å². The Balaban J connectivity index is 1.72. The lowest BCUT2D eigenvalue weighted by Gasteiger charge is -2.29. The first kappa shape index (κ1) is 17.2. The number of hydrogen-bond donors (Lipinski definition) is 0. The molecule has 0 aromatic carbocycles. The van der Waals surface area contributed by atoms with Gasteiger partial charge in [-0.3, -0.25) is 9.69 Å². The number of piperidine rings is 1. The zero-order valence-corrected chi connectivity index (χ0v) is 15.1. The number of ketones is 1. The van der Waals surface area contributed by atoms with E-state index in [9.17, 15) is 4.79 Å². The molecule has 2 heterocycles. The highest BCUT2D eigenvalue weighted by atomic mass is 16.1. The molecule has 2 fully saturated rings. The second-order valence-corrected chi connectivity index (χ2v) is 7.55. The summed E-state index contributed by atoms with van der Waals surface area (Å²) < 4.78 is 2.36. The molecule has 1 saturated heterocycles. The number of aromatic nitrogens is 1. The van der Waals surface area contributed by atoms with Crippen LogP contribution in [0.4, 0.5) is 0 Å². The van der Waals surface area contributed by atoms with E-state index in [1.165, 1.54) is 25.0 Å². The first-order valence-corrected chi connectivity index (χ1v) is 9.43. The number of aryl methyl sites for hydroxylation is 1. The van der Waals surface area contributed by atoms with Crippen LogP contribution in [-0.4, -0.2) is 34.9 Å². The highest BCUT2D eigenvalue weighted by molar-refractivity contribution is 5.99. The lowest BCUT2D eigenvalue weighted by Crippen LogP contribution is -2.34. The summed E-state index contributed by atoms with van der Waals surface area (Å²) in [5, 5.41) is 9.08. The molecule has 1 aliphatic carbocycles. The molecule has 0 N–H and O–H groups in total. The van der Waals surface area contributed by atoms with E-state index in [1.54, 1.807) is 0 Å². The zero-order chi connectivity index (χ0) is 17.1. The van der Waals surface area contributed by atoms with Crippen LogP contribution >= 0.6 is 0 Å². The molecular formula is C20H29N3O. The van der Waals surface area contributed by atoms with Crippen LogP contribution in [-0.2, 0) is 0 Å². The van der Waals surface area contributed by atoms with Crippen LogP contribution in [0, 0.1) is 31.1 Å². The largest absolute Gasteiger partial charge is 0.345 e. The Kier molecular flexibility index (Phi) is 5.40. The minimum atomic E-state index is 0.220. The van der Waals surface area contributed by atoms with Gasteiger partial charge in [0, 0.05) is 28.9 Å². The maximum atomic E-state index is 12.8. The van der Waals surface area contributed by atoms with Gasteiger partial charge in [0.2, 0.25) is 0 Å². The maximum absolute atomic E-state index is 12.8. The van der Waals surface area contributed by atoms with Crippen LogP contribution in [0.1, 0.15) is 72.7 Å². The Morgan fingerprint density at radius 1 is 1.17 bits per heavy atom. The summed E-state index contributed by atoms with van der Waals surface area (Å²) in [5.74, 6) is 0.486. The van der Waals surface area contributed by atoms with Crippen molar-refractivity contribution in [1.29, 1.82) is 5.26 Å². The molecule has 2 aliphatic rings. The van der Waals surface area contributed by atoms with Gasteiger partial charge < -0.3 is 4.57 Å². The average Bonchev–Trinajstić information content (AvgIpc) is 2.90. The zero-order valence-electron chi connectivity index (χ0n) is 15.1. The van der Waals surface area contributed by atoms with Crippen molar-refractivity contribution in [3.63, 3.8) is 0 Å². The molecule has 1 saturated carbocycles. The number of nitriles is 1. The first-order valence-electron chi connectivity index (χ1n) is 9.43. The van der Waals surface area contributed by atoms with Crippen LogP contribution < -0.4 is 0 Å². The number of Topliss-reactive ketones (excluding diaryl/α,β-unsaturated/α-hetero) is 1. The molecule has 1 aromatic heterocycles. The lowest BCUT2D eigenvalue weighted by molar-refractivity contribution is 0.0915. The Hall–Kier alpha value is -1.60. The monoisotopic (exact) mass is 327 g/mol. The van der Waals surface area contributed by atoms with Gasteiger partial charge in [-0.1, -0.05) is 6.42 Å². The highest BCUT2D eigenvalue weighted by Crippen LogP contribution is 2.35. The van der Waals surface area contributed by atoms with Crippen molar-refractivity contribution in [3.8, 4) is 6.07 Å². The second kappa shape index (κ2) is 7.53. The minimum Gasteiger partial charge on any atom is -0.345 e. The fourth-order valence-electron chi connectivity index (χ4n) is 4.49. The molecule has 4 heteroatoms. The second-order valence-electron chi connectivity index (χ2n) is 7.55. The van der Waals surface area contributed by atoms with Gasteiger partial charge in [0.15, 0.2) is 5.78 Å². The van der Waals surface area contributed by atoms with Crippen LogP contribution in [0.2, 0.25) is 0 Å².